The minimum Gasteiger partial charge on any atom is -0.350 e. The Morgan fingerprint density at radius 2 is 1.76 bits per heavy atom. The maximum absolute atomic E-state index is 12.9. The van der Waals surface area contributed by atoms with Crippen LogP contribution in [0.3, 0.4) is 0 Å². The molecule has 3 amide bonds. The van der Waals surface area contributed by atoms with Gasteiger partial charge in [-0.3, -0.25) is 15.2 Å². The summed E-state index contributed by atoms with van der Waals surface area (Å²) in [6.07, 6.45) is 1.61. The summed E-state index contributed by atoms with van der Waals surface area (Å²) in [4.78, 5) is 25.0. The third-order valence-electron chi connectivity index (χ3n) is 5.87. The molecule has 200 valence electrons. The highest BCUT2D eigenvalue weighted by atomic mass is 32.2. The standard InChI is InChI=1S/C16H15FN2O2S.C12H15NO2S/c1-11(19(21)16(18)20)2-7-14-8-9-15(22-14)10-12-3-5-13(17)6-4-12;1-8(13(15)9(2)14)12-7-10-5-3-4-6-11(10)16-12/h3-6,8-9,11,21H,10H2,1H3,(H2,18,20);3-6,8,12,15H,7H2,1-2H3/t11-;/m1./s1. The van der Waals surface area contributed by atoms with Crippen molar-refractivity contribution in [3.63, 3.8) is 0 Å². The number of hydrogen-bond acceptors (Lipinski definition) is 6. The number of urea groups is 1. The summed E-state index contributed by atoms with van der Waals surface area (Å²) in [5.41, 5.74) is 7.28. The molecule has 0 bridgehead atoms. The summed E-state index contributed by atoms with van der Waals surface area (Å²) < 4.78 is 12.9. The van der Waals surface area contributed by atoms with Crippen molar-refractivity contribution in [1.82, 2.24) is 10.1 Å². The number of rotatable bonds is 5. The molecule has 2 heterocycles. The van der Waals surface area contributed by atoms with Crippen LogP contribution in [0.5, 0.6) is 0 Å². The second-order valence-corrected chi connectivity index (χ2v) is 11.2. The van der Waals surface area contributed by atoms with Crippen molar-refractivity contribution in [3.8, 4) is 11.8 Å². The SMILES string of the molecule is CC(=O)N(O)C(C)C1Cc2ccccc2S1.C[C@H](C#Cc1ccc(Cc2ccc(F)cc2)s1)N(O)C(N)=O. The normalized spacial score (nSPS) is 15.2. The van der Waals surface area contributed by atoms with Crippen molar-refractivity contribution in [2.45, 2.75) is 55.8 Å². The fraction of sp³-hybridized carbons (Fsp3) is 0.286. The Hall–Kier alpha value is -3.36. The Morgan fingerprint density at radius 1 is 1.08 bits per heavy atom. The van der Waals surface area contributed by atoms with Crippen LogP contribution in [0.2, 0.25) is 0 Å². The molecule has 0 saturated carbocycles. The first-order valence-electron chi connectivity index (χ1n) is 11.9. The van der Waals surface area contributed by atoms with Crippen LogP contribution >= 0.6 is 23.1 Å². The van der Waals surface area contributed by atoms with Gasteiger partial charge in [0.15, 0.2) is 0 Å². The molecule has 0 saturated heterocycles. The van der Waals surface area contributed by atoms with E-state index >= 15 is 0 Å². The summed E-state index contributed by atoms with van der Waals surface area (Å²) in [5.74, 6) is 5.09. The third kappa shape index (κ3) is 8.07. The lowest BCUT2D eigenvalue weighted by Crippen LogP contribution is -2.40. The number of hydroxylamine groups is 4. The molecule has 1 aromatic heterocycles. The Balaban J connectivity index is 0.000000221. The zero-order chi connectivity index (χ0) is 27.8. The van der Waals surface area contributed by atoms with Crippen molar-refractivity contribution in [1.29, 1.82) is 0 Å². The lowest BCUT2D eigenvalue weighted by atomic mass is 10.1. The van der Waals surface area contributed by atoms with Crippen molar-refractivity contribution in [3.05, 3.63) is 87.4 Å². The second kappa shape index (κ2) is 13.4. The van der Waals surface area contributed by atoms with E-state index in [1.807, 2.05) is 31.2 Å². The van der Waals surface area contributed by atoms with Crippen LogP contribution in [0.25, 0.3) is 0 Å². The first-order chi connectivity index (χ1) is 18.0. The number of carbonyl (C=O) groups is 2. The topological polar surface area (TPSA) is 107 Å². The van der Waals surface area contributed by atoms with Crippen LogP contribution < -0.4 is 5.73 Å². The maximum atomic E-state index is 12.9. The van der Waals surface area contributed by atoms with Crippen molar-refractivity contribution < 1.29 is 24.4 Å². The van der Waals surface area contributed by atoms with Crippen LogP contribution in [0.1, 0.15) is 41.7 Å². The van der Waals surface area contributed by atoms with Gasteiger partial charge in [-0.1, -0.05) is 42.2 Å². The fourth-order valence-electron chi connectivity index (χ4n) is 3.69. The average Bonchev–Trinajstić information content (AvgIpc) is 3.54. The Labute approximate surface area is 230 Å². The smallest absolute Gasteiger partial charge is 0.339 e. The van der Waals surface area contributed by atoms with Crippen LogP contribution in [-0.2, 0) is 17.6 Å². The average molecular weight is 556 g/mol. The highest BCUT2D eigenvalue weighted by Gasteiger charge is 2.30. The number of fused-ring (bicyclic) bond motifs is 1. The van der Waals surface area contributed by atoms with E-state index in [9.17, 15) is 24.4 Å². The van der Waals surface area contributed by atoms with Gasteiger partial charge >= 0.3 is 6.03 Å². The molecular weight excluding hydrogens is 525 g/mol. The maximum Gasteiger partial charge on any atom is 0.339 e. The number of primary amides is 1. The predicted molar refractivity (Wildman–Crippen MR) is 147 cm³/mol. The van der Waals surface area contributed by atoms with E-state index < -0.39 is 12.1 Å². The molecular formula is C28H30FN3O4S2. The molecule has 7 nitrogen and oxygen atoms in total. The summed E-state index contributed by atoms with van der Waals surface area (Å²) in [7, 11) is 0. The van der Waals surface area contributed by atoms with E-state index in [-0.39, 0.29) is 23.0 Å². The lowest BCUT2D eigenvalue weighted by Gasteiger charge is -2.25. The number of amides is 3. The number of thiophene rings is 1. The zero-order valence-electron chi connectivity index (χ0n) is 21.3. The number of nitrogens with two attached hydrogens (primary N) is 1. The van der Waals surface area contributed by atoms with Crippen LogP contribution in [0.4, 0.5) is 9.18 Å². The van der Waals surface area contributed by atoms with Gasteiger partial charge in [-0.2, -0.15) is 5.06 Å². The van der Waals surface area contributed by atoms with E-state index in [2.05, 4.69) is 24.0 Å². The monoisotopic (exact) mass is 555 g/mol. The number of halogens is 1. The van der Waals surface area contributed by atoms with Crippen LogP contribution in [0, 0.1) is 17.7 Å². The summed E-state index contributed by atoms with van der Waals surface area (Å²) >= 11 is 3.25. The highest BCUT2D eigenvalue weighted by molar-refractivity contribution is 8.00. The summed E-state index contributed by atoms with van der Waals surface area (Å²) in [5, 5.41) is 20.4. The molecule has 2 unspecified atom stereocenters. The first-order valence-corrected chi connectivity index (χ1v) is 13.6. The van der Waals surface area contributed by atoms with Crippen molar-refractivity contribution >= 4 is 35.0 Å². The number of thioether (sulfide) groups is 1. The molecule has 4 N–H and O–H groups in total. The molecule has 0 aliphatic carbocycles. The number of nitrogens with zero attached hydrogens (tertiary/aromatic N) is 2. The molecule has 1 aliphatic rings. The van der Waals surface area contributed by atoms with Crippen LogP contribution in [-0.4, -0.2) is 49.8 Å². The fourth-order valence-corrected chi connectivity index (χ4v) is 5.96. The highest BCUT2D eigenvalue weighted by Crippen LogP contribution is 2.39. The largest absolute Gasteiger partial charge is 0.350 e. The number of carbonyl (C=O) groups excluding carboxylic acids is 2. The second-order valence-electron chi connectivity index (χ2n) is 8.77. The Morgan fingerprint density at radius 3 is 2.39 bits per heavy atom. The molecule has 3 atom stereocenters. The van der Waals surface area contributed by atoms with Crippen molar-refractivity contribution in [2.75, 3.05) is 0 Å². The zero-order valence-corrected chi connectivity index (χ0v) is 22.9. The van der Waals surface area contributed by atoms with Gasteiger partial charge in [0.25, 0.3) is 0 Å². The quantitative estimate of drug-likeness (QED) is 0.225. The van der Waals surface area contributed by atoms with Gasteiger partial charge in [-0.25, -0.2) is 14.2 Å². The number of hydrogen-bond donors (Lipinski definition) is 3. The van der Waals surface area contributed by atoms with E-state index in [0.717, 1.165) is 26.8 Å². The predicted octanol–water partition coefficient (Wildman–Crippen LogP) is 5.32. The minimum atomic E-state index is -0.940. The van der Waals surface area contributed by atoms with E-state index in [1.165, 1.54) is 40.9 Å². The molecule has 0 fully saturated rings. The lowest BCUT2D eigenvalue weighted by molar-refractivity contribution is -0.171. The summed E-state index contributed by atoms with van der Waals surface area (Å²) in [6, 6.07) is 16.6. The summed E-state index contributed by atoms with van der Waals surface area (Å²) in [6.45, 7) is 4.83. The molecule has 1 aliphatic heterocycles. The molecule has 10 heteroatoms. The van der Waals surface area contributed by atoms with Crippen LogP contribution in [0.15, 0.2) is 65.6 Å². The van der Waals surface area contributed by atoms with Gasteiger partial charge < -0.3 is 5.73 Å². The van der Waals surface area contributed by atoms with Gasteiger partial charge in [0.2, 0.25) is 5.91 Å². The van der Waals surface area contributed by atoms with Gasteiger partial charge in [0.1, 0.15) is 11.9 Å². The van der Waals surface area contributed by atoms with Gasteiger partial charge in [0, 0.05) is 28.4 Å². The molecule has 4 rings (SSSR count). The van der Waals surface area contributed by atoms with E-state index in [1.54, 1.807) is 30.8 Å². The molecule has 0 spiro atoms. The minimum absolute atomic E-state index is 0.158. The first kappa shape index (κ1) is 29.2. The number of benzene rings is 2. The molecule has 38 heavy (non-hydrogen) atoms. The van der Waals surface area contributed by atoms with Gasteiger partial charge in [-0.15, -0.1) is 23.1 Å². The Kier molecular flexibility index (Phi) is 10.3. The van der Waals surface area contributed by atoms with Gasteiger partial charge in [-0.05, 0) is 61.7 Å². The van der Waals surface area contributed by atoms with Gasteiger partial charge in [0.05, 0.1) is 10.9 Å². The van der Waals surface area contributed by atoms with E-state index in [0.29, 0.717) is 11.5 Å². The molecule has 0 radical (unpaired) electrons. The molecule has 3 aromatic rings. The van der Waals surface area contributed by atoms with Crippen molar-refractivity contribution in [2.24, 2.45) is 5.73 Å². The van der Waals surface area contributed by atoms with E-state index in [4.69, 9.17) is 5.73 Å². The third-order valence-corrected chi connectivity index (χ3v) is 8.38. The molecule has 2 aromatic carbocycles. The Bertz CT molecular complexity index is 1290.